The van der Waals surface area contributed by atoms with Crippen LogP contribution in [0.2, 0.25) is 0 Å². The number of nitrogens with one attached hydrogen (secondary N) is 2. The van der Waals surface area contributed by atoms with Gasteiger partial charge in [-0.05, 0) is 30.3 Å². The highest BCUT2D eigenvalue weighted by atomic mass is 16.5. The number of anilines is 2. The quantitative estimate of drug-likeness (QED) is 0.320. The van der Waals surface area contributed by atoms with Gasteiger partial charge in [0.15, 0.2) is 0 Å². The number of nitrogens with zero attached hydrogens (tertiary/aromatic N) is 4. The number of nitriles is 1. The zero-order valence-electron chi connectivity index (χ0n) is 23.1. The number of carbonyl (C=O) groups is 1. The van der Waals surface area contributed by atoms with Crippen molar-refractivity contribution in [1.29, 1.82) is 5.26 Å². The van der Waals surface area contributed by atoms with Gasteiger partial charge in [0.1, 0.15) is 18.2 Å². The summed E-state index contributed by atoms with van der Waals surface area (Å²) in [5.41, 5.74) is 2.45. The Kier molecular flexibility index (Phi) is 8.01. The third kappa shape index (κ3) is 6.25. The van der Waals surface area contributed by atoms with Crippen molar-refractivity contribution in [2.75, 3.05) is 50.1 Å². The molecule has 0 unspecified atom stereocenters. The van der Waals surface area contributed by atoms with E-state index >= 15 is 0 Å². The van der Waals surface area contributed by atoms with Crippen molar-refractivity contribution in [3.63, 3.8) is 0 Å². The molecule has 206 valence electrons. The summed E-state index contributed by atoms with van der Waals surface area (Å²) < 4.78 is 13.2. The van der Waals surface area contributed by atoms with Gasteiger partial charge >= 0.3 is 6.03 Å². The first-order valence-electron chi connectivity index (χ1n) is 13.5. The summed E-state index contributed by atoms with van der Waals surface area (Å²) in [6.07, 6.45) is 0. The summed E-state index contributed by atoms with van der Waals surface area (Å²) in [5.74, 6) is 1.28. The first-order valence-corrected chi connectivity index (χ1v) is 13.5. The molecule has 0 saturated carbocycles. The van der Waals surface area contributed by atoms with Crippen molar-refractivity contribution in [2.24, 2.45) is 0 Å². The lowest BCUT2D eigenvalue weighted by atomic mass is 9.92. The van der Waals surface area contributed by atoms with Gasteiger partial charge in [0, 0.05) is 41.9 Å². The molecule has 1 aliphatic rings. The van der Waals surface area contributed by atoms with Gasteiger partial charge in [-0.15, -0.1) is 0 Å². The Morgan fingerprint density at radius 3 is 2.55 bits per heavy atom. The maximum atomic E-state index is 13.3. The largest absolute Gasteiger partial charge is 0.492 e. The van der Waals surface area contributed by atoms with E-state index in [1.807, 2.05) is 48.5 Å². The van der Waals surface area contributed by atoms with E-state index < -0.39 is 6.03 Å². The summed E-state index contributed by atoms with van der Waals surface area (Å²) in [4.78, 5) is 15.6. The summed E-state index contributed by atoms with van der Waals surface area (Å²) in [6, 6.07) is 22.4. The van der Waals surface area contributed by atoms with Crippen LogP contribution in [-0.4, -0.2) is 60.2 Å². The summed E-state index contributed by atoms with van der Waals surface area (Å²) in [6.45, 7) is 10.9. The molecule has 2 N–H and O–H groups in total. The fraction of sp³-hybridized carbons (Fsp3) is 0.323. The van der Waals surface area contributed by atoms with E-state index in [9.17, 15) is 10.1 Å². The van der Waals surface area contributed by atoms with Crippen LogP contribution in [0, 0.1) is 11.3 Å². The topological polar surface area (TPSA) is 104 Å². The minimum absolute atomic E-state index is 0.237. The van der Waals surface area contributed by atoms with Crippen LogP contribution >= 0.6 is 0 Å². The predicted octanol–water partition coefficient (Wildman–Crippen LogP) is 5.55. The molecule has 0 bridgehead atoms. The van der Waals surface area contributed by atoms with Crippen molar-refractivity contribution in [2.45, 2.75) is 26.2 Å². The number of morpholine rings is 1. The number of urea groups is 1. The van der Waals surface area contributed by atoms with Gasteiger partial charge in [-0.1, -0.05) is 51.1 Å². The molecule has 4 aromatic rings. The highest BCUT2D eigenvalue weighted by Crippen LogP contribution is 2.32. The molecule has 0 atom stereocenters. The second kappa shape index (κ2) is 11.8. The van der Waals surface area contributed by atoms with E-state index in [0.29, 0.717) is 29.4 Å². The van der Waals surface area contributed by atoms with Gasteiger partial charge < -0.3 is 14.8 Å². The highest BCUT2D eigenvalue weighted by Gasteiger charge is 2.22. The maximum Gasteiger partial charge on any atom is 0.324 e. The van der Waals surface area contributed by atoms with Crippen molar-refractivity contribution in [1.82, 2.24) is 14.7 Å². The molecule has 0 radical (unpaired) electrons. The number of rotatable bonds is 7. The maximum absolute atomic E-state index is 13.3. The van der Waals surface area contributed by atoms with Gasteiger partial charge in [-0.25, -0.2) is 9.48 Å². The molecule has 1 saturated heterocycles. The molecule has 1 fully saturated rings. The van der Waals surface area contributed by atoms with Gasteiger partial charge in [0.05, 0.1) is 41.9 Å². The van der Waals surface area contributed by atoms with Gasteiger partial charge in [-0.2, -0.15) is 10.4 Å². The number of hydrogen-bond acceptors (Lipinski definition) is 6. The van der Waals surface area contributed by atoms with Crippen LogP contribution in [0.3, 0.4) is 0 Å². The number of carbonyl (C=O) groups excluding carboxylic acids is 1. The van der Waals surface area contributed by atoms with E-state index in [2.05, 4.69) is 42.4 Å². The third-order valence-electron chi connectivity index (χ3n) is 6.84. The second-order valence-corrected chi connectivity index (χ2v) is 10.8. The van der Waals surface area contributed by atoms with Crippen LogP contribution in [0.25, 0.3) is 16.5 Å². The van der Waals surface area contributed by atoms with Crippen LogP contribution in [0.1, 0.15) is 32.0 Å². The second-order valence-electron chi connectivity index (χ2n) is 10.8. The van der Waals surface area contributed by atoms with E-state index in [-0.39, 0.29) is 5.41 Å². The fourth-order valence-corrected chi connectivity index (χ4v) is 4.63. The number of fused-ring (bicyclic) bond motifs is 1. The molecular weight excluding hydrogens is 504 g/mol. The lowest BCUT2D eigenvalue weighted by molar-refractivity contribution is 0.0323. The third-order valence-corrected chi connectivity index (χ3v) is 6.84. The van der Waals surface area contributed by atoms with Crippen LogP contribution in [0.5, 0.6) is 5.75 Å². The monoisotopic (exact) mass is 538 g/mol. The Labute approximate surface area is 234 Å². The SMILES string of the molecule is CC(C)(C)c1cc(NC(=O)Nc2ccc(OCCN3CCOCC3)c3ccccc23)n(-c2cccc(C#N)c2)n1. The van der Waals surface area contributed by atoms with Crippen molar-refractivity contribution >= 4 is 28.3 Å². The molecule has 3 aromatic carbocycles. The average Bonchev–Trinajstić information content (AvgIpc) is 3.39. The molecule has 1 aliphatic heterocycles. The molecule has 0 aliphatic carbocycles. The van der Waals surface area contributed by atoms with E-state index in [1.165, 1.54) is 0 Å². The molecule has 9 nitrogen and oxygen atoms in total. The fourth-order valence-electron chi connectivity index (χ4n) is 4.63. The van der Waals surface area contributed by atoms with Crippen molar-refractivity contribution in [3.05, 3.63) is 78.0 Å². The Balaban J connectivity index is 1.35. The first-order chi connectivity index (χ1) is 19.3. The van der Waals surface area contributed by atoms with Crippen molar-refractivity contribution < 1.29 is 14.3 Å². The molecule has 5 rings (SSSR count). The van der Waals surface area contributed by atoms with Crippen LogP contribution < -0.4 is 15.4 Å². The van der Waals surface area contributed by atoms with E-state index in [1.54, 1.807) is 22.9 Å². The van der Waals surface area contributed by atoms with Crippen LogP contribution in [0.4, 0.5) is 16.3 Å². The Bertz CT molecular complexity index is 1540. The first kappa shape index (κ1) is 27.2. The van der Waals surface area contributed by atoms with Gasteiger partial charge in [0.2, 0.25) is 0 Å². The normalized spacial score (nSPS) is 14.1. The lowest BCUT2D eigenvalue weighted by Gasteiger charge is -2.26. The van der Waals surface area contributed by atoms with E-state index in [0.717, 1.165) is 55.1 Å². The van der Waals surface area contributed by atoms with Gasteiger partial charge in [-0.3, -0.25) is 10.2 Å². The zero-order chi connectivity index (χ0) is 28.1. The summed E-state index contributed by atoms with van der Waals surface area (Å²) >= 11 is 0. The van der Waals surface area contributed by atoms with Crippen LogP contribution in [0.15, 0.2) is 66.7 Å². The molecule has 0 spiro atoms. The van der Waals surface area contributed by atoms with Gasteiger partial charge in [0.25, 0.3) is 0 Å². The molecular formula is C31H34N6O3. The summed E-state index contributed by atoms with van der Waals surface area (Å²) in [5, 5.41) is 21.9. The molecule has 1 aromatic heterocycles. The Morgan fingerprint density at radius 1 is 1.02 bits per heavy atom. The Hall–Kier alpha value is -4.39. The Morgan fingerprint density at radius 2 is 1.80 bits per heavy atom. The molecule has 2 heterocycles. The number of aromatic nitrogens is 2. The molecule has 2 amide bonds. The number of amides is 2. The minimum Gasteiger partial charge on any atom is -0.492 e. The van der Waals surface area contributed by atoms with E-state index in [4.69, 9.17) is 14.6 Å². The summed E-state index contributed by atoms with van der Waals surface area (Å²) in [7, 11) is 0. The standard InChI is InChI=1S/C31H34N6O3/c1-31(2,3)28-20-29(37(35-28)23-8-6-7-22(19-23)21-32)34-30(38)33-26-11-12-27(25-10-5-4-9-24(25)26)40-18-15-36-13-16-39-17-14-36/h4-12,19-20H,13-18H2,1-3H3,(H2,33,34,38). The smallest absolute Gasteiger partial charge is 0.324 e. The average molecular weight is 539 g/mol. The number of benzene rings is 3. The highest BCUT2D eigenvalue weighted by molar-refractivity contribution is 6.07. The lowest BCUT2D eigenvalue weighted by Crippen LogP contribution is -2.38. The predicted molar refractivity (Wildman–Crippen MR) is 156 cm³/mol. The number of hydrogen-bond donors (Lipinski definition) is 2. The zero-order valence-corrected chi connectivity index (χ0v) is 23.1. The van der Waals surface area contributed by atoms with Crippen molar-refractivity contribution in [3.8, 4) is 17.5 Å². The number of ether oxygens (including phenoxy) is 2. The molecule has 40 heavy (non-hydrogen) atoms. The molecule has 9 heteroatoms. The van der Waals surface area contributed by atoms with Crippen LogP contribution in [-0.2, 0) is 10.2 Å². The minimum atomic E-state index is -0.399.